The fourth-order valence-electron chi connectivity index (χ4n) is 2.47. The predicted octanol–water partition coefficient (Wildman–Crippen LogP) is 3.34. The van der Waals surface area contributed by atoms with Gasteiger partial charge in [-0.2, -0.15) is 10.2 Å². The van der Waals surface area contributed by atoms with E-state index in [1.165, 1.54) is 16.8 Å². The van der Waals surface area contributed by atoms with Crippen LogP contribution >= 0.6 is 12.4 Å². The van der Waals surface area contributed by atoms with Crippen molar-refractivity contribution in [2.75, 3.05) is 0 Å². The second-order valence-electron chi connectivity index (χ2n) is 6.36. The normalized spacial score (nSPS) is 11.2. The minimum atomic E-state index is 0. The van der Waals surface area contributed by atoms with E-state index in [-0.39, 0.29) is 12.4 Å². The minimum Gasteiger partial charge on any atom is -0.308 e. The molecule has 2 aromatic rings. The first-order valence-corrected chi connectivity index (χ1v) is 7.72. The highest BCUT2D eigenvalue weighted by Gasteiger charge is 2.08. The molecule has 0 fully saturated rings. The number of hydrogen-bond donors (Lipinski definition) is 1. The van der Waals surface area contributed by atoms with E-state index < -0.39 is 0 Å². The second-order valence-corrected chi connectivity index (χ2v) is 6.36. The molecule has 124 valence electrons. The summed E-state index contributed by atoms with van der Waals surface area (Å²) >= 11 is 0. The van der Waals surface area contributed by atoms with Crippen molar-refractivity contribution < 1.29 is 0 Å². The van der Waals surface area contributed by atoms with Gasteiger partial charge in [-0.05, 0) is 26.7 Å². The molecule has 0 aromatic carbocycles. The highest BCUT2D eigenvalue weighted by Crippen LogP contribution is 2.12. The van der Waals surface area contributed by atoms with E-state index in [1.54, 1.807) is 0 Å². The van der Waals surface area contributed by atoms with Crippen molar-refractivity contribution in [3.8, 4) is 0 Å². The fraction of sp³-hybridized carbons (Fsp3) is 0.625. The minimum absolute atomic E-state index is 0. The molecule has 0 spiro atoms. The monoisotopic (exact) mass is 325 g/mol. The Kier molecular flexibility index (Phi) is 7.10. The van der Waals surface area contributed by atoms with Crippen molar-refractivity contribution in [2.45, 2.75) is 60.3 Å². The van der Waals surface area contributed by atoms with Crippen LogP contribution in [0, 0.1) is 12.8 Å². The number of halogens is 1. The van der Waals surface area contributed by atoms with E-state index in [1.807, 2.05) is 17.1 Å². The Morgan fingerprint density at radius 1 is 1.09 bits per heavy atom. The van der Waals surface area contributed by atoms with Crippen molar-refractivity contribution in [1.29, 1.82) is 0 Å². The lowest BCUT2D eigenvalue weighted by Crippen LogP contribution is -2.13. The number of nitrogens with one attached hydrogen (secondary N) is 1. The summed E-state index contributed by atoms with van der Waals surface area (Å²) in [6.07, 6.45) is 6.03. The van der Waals surface area contributed by atoms with Crippen LogP contribution in [0.1, 0.15) is 50.6 Å². The average Bonchev–Trinajstić information content (AvgIpc) is 2.97. The summed E-state index contributed by atoms with van der Waals surface area (Å²) in [6.45, 7) is 13.5. The molecule has 0 amide bonds. The summed E-state index contributed by atoms with van der Waals surface area (Å²) < 4.78 is 4.08. The first-order valence-electron chi connectivity index (χ1n) is 7.72. The van der Waals surface area contributed by atoms with Gasteiger partial charge in [-0.1, -0.05) is 13.8 Å². The zero-order chi connectivity index (χ0) is 15.4. The summed E-state index contributed by atoms with van der Waals surface area (Å²) in [6, 6.07) is 0.410. The molecule has 0 saturated carbocycles. The molecule has 2 rings (SSSR count). The van der Waals surface area contributed by atoms with Crippen molar-refractivity contribution >= 4 is 12.4 Å². The molecule has 0 aliphatic rings. The van der Waals surface area contributed by atoms with Gasteiger partial charge < -0.3 is 5.32 Å². The Balaban J connectivity index is 0.00000242. The molecule has 2 aromatic heterocycles. The number of rotatable bonds is 7. The Morgan fingerprint density at radius 2 is 1.82 bits per heavy atom. The SMILES string of the molecule is Cc1c(CNCc2cnn(CC(C)C)c2)cnn1C(C)C.Cl. The first kappa shape index (κ1) is 18.7. The molecule has 5 nitrogen and oxygen atoms in total. The Morgan fingerprint density at radius 3 is 2.41 bits per heavy atom. The van der Waals surface area contributed by atoms with Gasteiger partial charge in [0.25, 0.3) is 0 Å². The van der Waals surface area contributed by atoms with Crippen molar-refractivity contribution in [3.05, 3.63) is 35.4 Å². The Bertz CT molecular complexity index is 571. The number of hydrogen-bond acceptors (Lipinski definition) is 3. The van der Waals surface area contributed by atoms with Gasteiger partial charge in [0.1, 0.15) is 0 Å². The lowest BCUT2D eigenvalue weighted by atomic mass is 10.2. The quantitative estimate of drug-likeness (QED) is 0.849. The van der Waals surface area contributed by atoms with Crippen LogP contribution in [-0.2, 0) is 19.6 Å². The molecular formula is C16H28ClN5. The van der Waals surface area contributed by atoms with Crippen molar-refractivity contribution in [3.63, 3.8) is 0 Å². The van der Waals surface area contributed by atoms with Crippen molar-refractivity contribution in [1.82, 2.24) is 24.9 Å². The third-order valence-corrected chi connectivity index (χ3v) is 3.52. The van der Waals surface area contributed by atoms with Gasteiger partial charge in [-0.15, -0.1) is 12.4 Å². The smallest absolute Gasteiger partial charge is 0.0537 e. The molecule has 22 heavy (non-hydrogen) atoms. The highest BCUT2D eigenvalue weighted by atomic mass is 35.5. The van der Waals surface area contributed by atoms with Crippen molar-refractivity contribution in [2.24, 2.45) is 5.92 Å². The first-order chi connectivity index (χ1) is 9.97. The molecule has 0 aliphatic heterocycles. The number of nitrogens with zero attached hydrogens (tertiary/aromatic N) is 4. The molecule has 0 aliphatic carbocycles. The highest BCUT2D eigenvalue weighted by molar-refractivity contribution is 5.85. The van der Waals surface area contributed by atoms with E-state index in [2.05, 4.69) is 61.0 Å². The topological polar surface area (TPSA) is 47.7 Å². The van der Waals surface area contributed by atoms with Crippen LogP contribution in [0.15, 0.2) is 18.6 Å². The molecule has 0 atom stereocenters. The molecule has 1 N–H and O–H groups in total. The van der Waals surface area contributed by atoms with Gasteiger partial charge in [0.15, 0.2) is 0 Å². The third kappa shape index (κ3) is 4.85. The molecule has 0 saturated heterocycles. The summed E-state index contributed by atoms with van der Waals surface area (Å²) in [7, 11) is 0. The summed E-state index contributed by atoms with van der Waals surface area (Å²) in [5, 5.41) is 12.3. The van der Waals surface area contributed by atoms with Crippen LogP contribution in [0.4, 0.5) is 0 Å². The van der Waals surface area contributed by atoms with E-state index in [0.29, 0.717) is 12.0 Å². The van der Waals surface area contributed by atoms with Crippen LogP contribution in [0.25, 0.3) is 0 Å². The predicted molar refractivity (Wildman–Crippen MR) is 92.2 cm³/mol. The standard InChI is InChI=1S/C16H27N5.ClH/c1-12(2)10-20-11-15(7-18-20)6-17-8-16-9-19-21(13(3)4)14(16)5;/h7,9,11-13,17H,6,8,10H2,1-5H3;1H. The van der Waals surface area contributed by atoms with Gasteiger partial charge in [0.2, 0.25) is 0 Å². The Hall–Kier alpha value is -1.33. The maximum atomic E-state index is 4.44. The van der Waals surface area contributed by atoms with Crippen LogP contribution in [0.2, 0.25) is 0 Å². The molecular weight excluding hydrogens is 298 g/mol. The second kappa shape index (κ2) is 8.34. The largest absolute Gasteiger partial charge is 0.308 e. The average molecular weight is 326 g/mol. The van der Waals surface area contributed by atoms with Crippen LogP contribution < -0.4 is 5.32 Å². The van der Waals surface area contributed by atoms with Crippen LogP contribution in [-0.4, -0.2) is 19.6 Å². The van der Waals surface area contributed by atoms with Gasteiger partial charge in [-0.3, -0.25) is 9.36 Å². The lowest BCUT2D eigenvalue weighted by Gasteiger charge is -2.09. The van der Waals surface area contributed by atoms with Crippen LogP contribution in [0.5, 0.6) is 0 Å². The Labute approximate surface area is 139 Å². The molecule has 0 radical (unpaired) electrons. The maximum absolute atomic E-state index is 4.44. The maximum Gasteiger partial charge on any atom is 0.0537 e. The molecule has 6 heteroatoms. The van der Waals surface area contributed by atoms with Gasteiger partial charge in [0.05, 0.1) is 12.4 Å². The van der Waals surface area contributed by atoms with E-state index in [0.717, 1.165) is 19.6 Å². The third-order valence-electron chi connectivity index (χ3n) is 3.52. The summed E-state index contributed by atoms with van der Waals surface area (Å²) in [5.74, 6) is 0.621. The van der Waals surface area contributed by atoms with Crippen LogP contribution in [0.3, 0.4) is 0 Å². The molecule has 2 heterocycles. The molecule has 0 bridgehead atoms. The van der Waals surface area contributed by atoms with E-state index in [9.17, 15) is 0 Å². The van der Waals surface area contributed by atoms with Gasteiger partial charge in [-0.25, -0.2) is 0 Å². The molecule has 0 unspecified atom stereocenters. The summed E-state index contributed by atoms with van der Waals surface area (Å²) in [5.41, 5.74) is 3.73. The zero-order valence-corrected chi connectivity index (χ0v) is 15.0. The lowest BCUT2D eigenvalue weighted by molar-refractivity contribution is 0.482. The summed E-state index contributed by atoms with van der Waals surface area (Å²) in [4.78, 5) is 0. The fourth-order valence-corrected chi connectivity index (χ4v) is 2.47. The zero-order valence-electron chi connectivity index (χ0n) is 14.2. The van der Waals surface area contributed by atoms with Gasteiger partial charge >= 0.3 is 0 Å². The van der Waals surface area contributed by atoms with E-state index in [4.69, 9.17) is 0 Å². The van der Waals surface area contributed by atoms with E-state index >= 15 is 0 Å². The van der Waals surface area contributed by atoms with Gasteiger partial charge in [0, 0.05) is 48.7 Å². The number of aromatic nitrogens is 4.